The van der Waals surface area contributed by atoms with Gasteiger partial charge in [0.25, 0.3) is 0 Å². The lowest BCUT2D eigenvalue weighted by atomic mass is 10.1. The Balaban J connectivity index is 1.56. The molecule has 3 rings (SSSR count). The highest BCUT2D eigenvalue weighted by molar-refractivity contribution is 5.75. The third kappa shape index (κ3) is 3.90. The molecule has 0 radical (unpaired) electrons. The number of hydrogen-bond donors (Lipinski definition) is 3. The number of aliphatic hydroxyl groups excluding tert-OH is 1. The Bertz CT molecular complexity index is 657. The van der Waals surface area contributed by atoms with Crippen molar-refractivity contribution in [3.05, 3.63) is 71.3 Å². The number of amides is 2. The van der Waals surface area contributed by atoms with Crippen LogP contribution in [0.4, 0.5) is 4.79 Å². The minimum Gasteiger partial charge on any atom is -0.394 e. The number of carbonyl (C=O) groups excluding carboxylic acids is 1. The molecule has 0 saturated heterocycles. The van der Waals surface area contributed by atoms with Gasteiger partial charge >= 0.3 is 6.03 Å². The van der Waals surface area contributed by atoms with Crippen LogP contribution in [0.15, 0.2) is 54.6 Å². The largest absolute Gasteiger partial charge is 0.394 e. The second-order valence-corrected chi connectivity index (χ2v) is 5.98. The van der Waals surface area contributed by atoms with Crippen LogP contribution in [0.25, 0.3) is 0 Å². The van der Waals surface area contributed by atoms with E-state index in [9.17, 15) is 9.90 Å². The molecule has 4 heteroatoms. The molecule has 23 heavy (non-hydrogen) atoms. The average molecular weight is 310 g/mol. The SMILES string of the molecule is O=C(NC1CCc2ccccc21)N[C@H](CO)Cc1ccccc1. The Morgan fingerprint density at radius 2 is 1.87 bits per heavy atom. The summed E-state index contributed by atoms with van der Waals surface area (Å²) in [6, 6.07) is 17.6. The van der Waals surface area contributed by atoms with Crippen LogP contribution in [0.5, 0.6) is 0 Å². The molecule has 0 bridgehead atoms. The fourth-order valence-corrected chi connectivity index (χ4v) is 3.15. The monoisotopic (exact) mass is 310 g/mol. The van der Waals surface area contributed by atoms with Crippen molar-refractivity contribution < 1.29 is 9.90 Å². The summed E-state index contributed by atoms with van der Waals surface area (Å²) in [7, 11) is 0. The fraction of sp³-hybridized carbons (Fsp3) is 0.316. The molecule has 0 fully saturated rings. The average Bonchev–Trinajstić information content (AvgIpc) is 2.98. The molecular formula is C19H22N2O2. The predicted molar refractivity (Wildman–Crippen MR) is 90.2 cm³/mol. The lowest BCUT2D eigenvalue weighted by Crippen LogP contribution is -2.45. The van der Waals surface area contributed by atoms with Crippen molar-refractivity contribution in [3.63, 3.8) is 0 Å². The van der Waals surface area contributed by atoms with Gasteiger partial charge in [-0.1, -0.05) is 54.6 Å². The van der Waals surface area contributed by atoms with Gasteiger partial charge in [-0.15, -0.1) is 0 Å². The molecule has 1 aliphatic rings. The molecule has 2 aromatic carbocycles. The molecule has 2 amide bonds. The summed E-state index contributed by atoms with van der Waals surface area (Å²) in [4.78, 5) is 12.2. The summed E-state index contributed by atoms with van der Waals surface area (Å²) in [6.45, 7) is -0.0798. The Kier molecular flexibility index (Phi) is 4.93. The van der Waals surface area contributed by atoms with Gasteiger partial charge < -0.3 is 15.7 Å². The second kappa shape index (κ2) is 7.29. The third-order valence-electron chi connectivity index (χ3n) is 4.32. The van der Waals surface area contributed by atoms with Crippen LogP contribution < -0.4 is 10.6 Å². The molecule has 4 nitrogen and oxygen atoms in total. The highest BCUT2D eigenvalue weighted by Gasteiger charge is 2.24. The summed E-state index contributed by atoms with van der Waals surface area (Å²) >= 11 is 0. The summed E-state index contributed by atoms with van der Waals surface area (Å²) < 4.78 is 0. The van der Waals surface area contributed by atoms with Crippen LogP contribution in [-0.2, 0) is 12.8 Å². The molecule has 3 N–H and O–H groups in total. The zero-order chi connectivity index (χ0) is 16.1. The quantitative estimate of drug-likeness (QED) is 0.795. The van der Waals surface area contributed by atoms with E-state index in [1.807, 2.05) is 42.5 Å². The number of aryl methyl sites for hydroxylation is 1. The van der Waals surface area contributed by atoms with Crippen LogP contribution >= 0.6 is 0 Å². The first-order valence-corrected chi connectivity index (χ1v) is 8.06. The van der Waals surface area contributed by atoms with Crippen molar-refractivity contribution in [2.45, 2.75) is 31.3 Å². The lowest BCUT2D eigenvalue weighted by molar-refractivity contribution is 0.213. The number of benzene rings is 2. The second-order valence-electron chi connectivity index (χ2n) is 5.98. The van der Waals surface area contributed by atoms with Gasteiger partial charge in [-0.05, 0) is 36.0 Å². The van der Waals surface area contributed by atoms with Gasteiger partial charge in [-0.25, -0.2) is 4.79 Å². The normalized spacial score (nSPS) is 17.3. The fourth-order valence-electron chi connectivity index (χ4n) is 3.15. The van der Waals surface area contributed by atoms with Gasteiger partial charge in [-0.3, -0.25) is 0 Å². The topological polar surface area (TPSA) is 61.4 Å². The molecule has 0 saturated carbocycles. The lowest BCUT2D eigenvalue weighted by Gasteiger charge is -2.20. The summed E-state index contributed by atoms with van der Waals surface area (Å²) in [5, 5.41) is 15.4. The maximum Gasteiger partial charge on any atom is 0.315 e. The molecular weight excluding hydrogens is 288 g/mol. The molecule has 2 atom stereocenters. The van der Waals surface area contributed by atoms with Crippen LogP contribution in [0.1, 0.15) is 29.2 Å². The smallest absolute Gasteiger partial charge is 0.315 e. The van der Waals surface area contributed by atoms with E-state index in [0.29, 0.717) is 6.42 Å². The maximum atomic E-state index is 12.2. The van der Waals surface area contributed by atoms with Crippen molar-refractivity contribution in [1.82, 2.24) is 10.6 Å². The van der Waals surface area contributed by atoms with E-state index in [1.54, 1.807) is 0 Å². The van der Waals surface area contributed by atoms with Crippen molar-refractivity contribution >= 4 is 6.03 Å². The minimum atomic E-state index is -0.283. The molecule has 1 aliphatic carbocycles. The van der Waals surface area contributed by atoms with Crippen LogP contribution in [0.3, 0.4) is 0 Å². The molecule has 120 valence electrons. The summed E-state index contributed by atoms with van der Waals surface area (Å²) in [5.41, 5.74) is 3.60. The van der Waals surface area contributed by atoms with E-state index in [-0.39, 0.29) is 24.7 Å². The van der Waals surface area contributed by atoms with E-state index in [4.69, 9.17) is 0 Å². The van der Waals surface area contributed by atoms with Crippen molar-refractivity contribution in [2.75, 3.05) is 6.61 Å². The number of fused-ring (bicyclic) bond motifs is 1. The number of urea groups is 1. The predicted octanol–water partition coefficient (Wildman–Crippen LogP) is 2.58. The Labute approximate surface area is 136 Å². The van der Waals surface area contributed by atoms with Crippen LogP contribution in [-0.4, -0.2) is 23.8 Å². The number of nitrogens with one attached hydrogen (secondary N) is 2. The Morgan fingerprint density at radius 1 is 1.13 bits per heavy atom. The molecule has 0 aliphatic heterocycles. The molecule has 0 spiro atoms. The first kappa shape index (κ1) is 15.6. The van der Waals surface area contributed by atoms with Gasteiger partial charge in [0.2, 0.25) is 0 Å². The van der Waals surface area contributed by atoms with Gasteiger partial charge in [0.1, 0.15) is 0 Å². The van der Waals surface area contributed by atoms with E-state index in [2.05, 4.69) is 22.8 Å². The van der Waals surface area contributed by atoms with Crippen LogP contribution in [0, 0.1) is 0 Å². The van der Waals surface area contributed by atoms with Gasteiger partial charge in [-0.2, -0.15) is 0 Å². The number of hydrogen-bond acceptors (Lipinski definition) is 2. The number of rotatable bonds is 5. The molecule has 0 heterocycles. The van der Waals surface area contributed by atoms with Gasteiger partial charge in [0.05, 0.1) is 18.7 Å². The first-order chi connectivity index (χ1) is 11.3. The van der Waals surface area contributed by atoms with Crippen molar-refractivity contribution in [2.24, 2.45) is 0 Å². The molecule has 2 aromatic rings. The van der Waals surface area contributed by atoms with Gasteiger partial charge in [0, 0.05) is 0 Å². The van der Waals surface area contributed by atoms with E-state index in [0.717, 1.165) is 18.4 Å². The highest BCUT2D eigenvalue weighted by atomic mass is 16.3. The standard InChI is InChI=1S/C19H22N2O2/c22-13-16(12-14-6-2-1-3-7-14)20-19(23)21-18-11-10-15-8-4-5-9-17(15)18/h1-9,16,18,22H,10-13H2,(H2,20,21,23)/t16-,18?/m0/s1. The van der Waals surface area contributed by atoms with E-state index in [1.165, 1.54) is 11.1 Å². The third-order valence-corrected chi connectivity index (χ3v) is 4.32. The van der Waals surface area contributed by atoms with E-state index >= 15 is 0 Å². The summed E-state index contributed by atoms with van der Waals surface area (Å²) in [6.07, 6.45) is 2.54. The summed E-state index contributed by atoms with van der Waals surface area (Å²) in [5.74, 6) is 0. The number of aliphatic hydroxyl groups is 1. The highest BCUT2D eigenvalue weighted by Crippen LogP contribution is 2.30. The minimum absolute atomic E-state index is 0.0577. The number of carbonyl (C=O) groups is 1. The van der Waals surface area contributed by atoms with Crippen molar-refractivity contribution in [3.8, 4) is 0 Å². The van der Waals surface area contributed by atoms with Crippen molar-refractivity contribution in [1.29, 1.82) is 0 Å². The first-order valence-electron chi connectivity index (χ1n) is 8.06. The van der Waals surface area contributed by atoms with Crippen LogP contribution in [0.2, 0.25) is 0 Å². The van der Waals surface area contributed by atoms with Gasteiger partial charge in [0.15, 0.2) is 0 Å². The molecule has 1 unspecified atom stereocenters. The zero-order valence-corrected chi connectivity index (χ0v) is 13.0. The molecule has 0 aromatic heterocycles. The Hall–Kier alpha value is -2.33. The Morgan fingerprint density at radius 3 is 2.65 bits per heavy atom. The maximum absolute atomic E-state index is 12.2. The van der Waals surface area contributed by atoms with E-state index < -0.39 is 0 Å². The zero-order valence-electron chi connectivity index (χ0n) is 13.0.